The highest BCUT2D eigenvalue weighted by Gasteiger charge is 2.44. The lowest BCUT2D eigenvalue weighted by Crippen LogP contribution is -2.48. The first-order valence-electron chi connectivity index (χ1n) is 12.6. The number of amides is 1. The Morgan fingerprint density at radius 3 is 2.76 bits per heavy atom. The minimum atomic E-state index is -0.459. The standard InChI is InChI=1S/C25H36ClN5O3/c1-24(2,3)34-23(32)29-12-4-9-25(11-15-29)10-5-13-30(25)16-18-6-7-20(33-18)31-14-8-19-21(26)27-17-28-22(19)31/h8,14,17-18,20H,4-7,9-13,15-16H2,1-3H3/t18-,20+,25?/m0/s1. The molecule has 0 saturated carbocycles. The monoisotopic (exact) mass is 489 g/mol. The van der Waals surface area contributed by atoms with Crippen molar-refractivity contribution in [2.45, 2.75) is 89.2 Å². The van der Waals surface area contributed by atoms with Crippen LogP contribution in [0.15, 0.2) is 18.6 Å². The molecule has 1 unspecified atom stereocenters. The molecule has 0 aromatic carbocycles. The molecule has 3 fully saturated rings. The lowest BCUT2D eigenvalue weighted by atomic mass is 9.87. The fourth-order valence-corrected chi connectivity index (χ4v) is 6.17. The summed E-state index contributed by atoms with van der Waals surface area (Å²) in [5, 5.41) is 1.34. The number of nitrogens with zero attached hydrogens (tertiary/aromatic N) is 5. The van der Waals surface area contributed by atoms with Gasteiger partial charge in [-0.3, -0.25) is 4.90 Å². The van der Waals surface area contributed by atoms with Crippen LogP contribution in [0, 0.1) is 0 Å². The minimum absolute atomic E-state index is 0.0242. The first-order valence-corrected chi connectivity index (χ1v) is 13.0. The summed E-state index contributed by atoms with van der Waals surface area (Å²) in [5.74, 6) is 0. The fourth-order valence-electron chi connectivity index (χ4n) is 5.98. The van der Waals surface area contributed by atoms with Gasteiger partial charge in [0.05, 0.1) is 11.5 Å². The quantitative estimate of drug-likeness (QED) is 0.564. The third-order valence-electron chi connectivity index (χ3n) is 7.59. The number of rotatable bonds is 3. The van der Waals surface area contributed by atoms with Crippen LogP contribution in [0.25, 0.3) is 11.0 Å². The number of carbonyl (C=O) groups excluding carboxylic acids is 1. The highest BCUT2D eigenvalue weighted by Crippen LogP contribution is 2.40. The number of hydrogen-bond donors (Lipinski definition) is 0. The number of hydrogen-bond acceptors (Lipinski definition) is 6. The first kappa shape index (κ1) is 23.8. The summed E-state index contributed by atoms with van der Waals surface area (Å²) >= 11 is 6.23. The van der Waals surface area contributed by atoms with Gasteiger partial charge in [-0.15, -0.1) is 0 Å². The second-order valence-electron chi connectivity index (χ2n) is 11.0. The summed E-state index contributed by atoms with van der Waals surface area (Å²) in [6.07, 6.45) is 11.0. The molecule has 3 saturated heterocycles. The van der Waals surface area contributed by atoms with E-state index in [1.807, 2.05) is 37.9 Å². The summed E-state index contributed by atoms with van der Waals surface area (Å²) in [6.45, 7) is 9.36. The van der Waals surface area contributed by atoms with Gasteiger partial charge in [0, 0.05) is 31.4 Å². The molecule has 0 N–H and O–H groups in total. The average molecular weight is 490 g/mol. The van der Waals surface area contributed by atoms with Crippen molar-refractivity contribution < 1.29 is 14.3 Å². The smallest absolute Gasteiger partial charge is 0.410 e. The largest absolute Gasteiger partial charge is 0.444 e. The minimum Gasteiger partial charge on any atom is -0.444 e. The van der Waals surface area contributed by atoms with Crippen molar-refractivity contribution in [3.8, 4) is 0 Å². The van der Waals surface area contributed by atoms with Gasteiger partial charge in [0.2, 0.25) is 0 Å². The van der Waals surface area contributed by atoms with Gasteiger partial charge in [-0.05, 0) is 78.3 Å². The average Bonchev–Trinajstić information content (AvgIpc) is 3.45. The van der Waals surface area contributed by atoms with Crippen molar-refractivity contribution in [3.63, 3.8) is 0 Å². The summed E-state index contributed by atoms with van der Waals surface area (Å²) < 4.78 is 14.3. The van der Waals surface area contributed by atoms with E-state index in [0.29, 0.717) is 5.15 Å². The van der Waals surface area contributed by atoms with E-state index in [4.69, 9.17) is 21.1 Å². The van der Waals surface area contributed by atoms with Crippen LogP contribution in [0.3, 0.4) is 0 Å². The third kappa shape index (κ3) is 4.77. The van der Waals surface area contributed by atoms with Gasteiger partial charge in [-0.25, -0.2) is 14.8 Å². The van der Waals surface area contributed by atoms with E-state index in [0.717, 1.165) is 69.3 Å². The molecule has 2 aromatic rings. The topological polar surface area (TPSA) is 72.7 Å². The molecule has 5 heterocycles. The number of ether oxygens (including phenoxy) is 2. The number of carbonyl (C=O) groups is 1. The van der Waals surface area contributed by atoms with Crippen LogP contribution < -0.4 is 0 Å². The van der Waals surface area contributed by atoms with E-state index in [1.165, 1.54) is 19.2 Å². The zero-order valence-corrected chi connectivity index (χ0v) is 21.3. The Morgan fingerprint density at radius 2 is 1.97 bits per heavy atom. The van der Waals surface area contributed by atoms with Crippen LogP contribution in [-0.2, 0) is 9.47 Å². The molecule has 0 aliphatic carbocycles. The zero-order valence-electron chi connectivity index (χ0n) is 20.5. The van der Waals surface area contributed by atoms with Crippen LogP contribution >= 0.6 is 11.6 Å². The first-order chi connectivity index (χ1) is 16.2. The molecule has 186 valence electrons. The number of halogens is 1. The van der Waals surface area contributed by atoms with Crippen LogP contribution in [0.1, 0.15) is 71.9 Å². The molecule has 0 radical (unpaired) electrons. The van der Waals surface area contributed by atoms with E-state index in [-0.39, 0.29) is 24.0 Å². The van der Waals surface area contributed by atoms with Gasteiger partial charge in [0.1, 0.15) is 29.0 Å². The molecule has 3 atom stereocenters. The van der Waals surface area contributed by atoms with E-state index >= 15 is 0 Å². The van der Waals surface area contributed by atoms with Crippen molar-refractivity contribution in [2.24, 2.45) is 0 Å². The molecule has 0 bridgehead atoms. The van der Waals surface area contributed by atoms with Gasteiger partial charge in [-0.2, -0.15) is 0 Å². The highest BCUT2D eigenvalue weighted by molar-refractivity contribution is 6.33. The SMILES string of the molecule is CC(C)(C)OC(=O)N1CCCC2(CCCN2C[C@@H]2CC[C@H](n3ccc4c(Cl)ncnc43)O2)CC1. The van der Waals surface area contributed by atoms with Crippen molar-refractivity contribution in [1.29, 1.82) is 0 Å². The lowest BCUT2D eigenvalue weighted by molar-refractivity contribution is -0.0258. The molecule has 2 aromatic heterocycles. The third-order valence-corrected chi connectivity index (χ3v) is 7.89. The predicted molar refractivity (Wildman–Crippen MR) is 131 cm³/mol. The van der Waals surface area contributed by atoms with Crippen LogP contribution in [0.5, 0.6) is 0 Å². The van der Waals surface area contributed by atoms with Gasteiger partial charge >= 0.3 is 6.09 Å². The Bertz CT molecular complexity index is 1040. The summed E-state index contributed by atoms with van der Waals surface area (Å²) in [7, 11) is 0. The molecule has 8 nitrogen and oxygen atoms in total. The second-order valence-corrected chi connectivity index (χ2v) is 11.4. The van der Waals surface area contributed by atoms with Crippen LogP contribution in [0.4, 0.5) is 4.79 Å². The number of fused-ring (bicyclic) bond motifs is 1. The Hall–Kier alpha value is -1.90. The van der Waals surface area contributed by atoms with Crippen LogP contribution in [-0.4, -0.2) is 73.9 Å². The van der Waals surface area contributed by atoms with E-state index in [2.05, 4.69) is 19.4 Å². The van der Waals surface area contributed by atoms with E-state index in [9.17, 15) is 4.79 Å². The Balaban J connectivity index is 1.22. The summed E-state index contributed by atoms with van der Waals surface area (Å²) in [4.78, 5) is 25.7. The van der Waals surface area contributed by atoms with Crippen molar-refractivity contribution in [1.82, 2.24) is 24.3 Å². The van der Waals surface area contributed by atoms with Gasteiger partial charge in [0.15, 0.2) is 0 Å². The molecule has 3 aliphatic rings. The molecule has 1 amide bonds. The summed E-state index contributed by atoms with van der Waals surface area (Å²) in [5.41, 5.74) is 0.535. The molecule has 34 heavy (non-hydrogen) atoms. The maximum absolute atomic E-state index is 12.6. The van der Waals surface area contributed by atoms with Crippen LogP contribution in [0.2, 0.25) is 5.15 Å². The van der Waals surface area contributed by atoms with Gasteiger partial charge in [-0.1, -0.05) is 11.6 Å². The molecular formula is C25H36ClN5O3. The predicted octanol–water partition coefficient (Wildman–Crippen LogP) is 5.02. The zero-order chi connectivity index (χ0) is 23.9. The Labute approximate surface area is 206 Å². The molecule has 9 heteroatoms. The van der Waals surface area contributed by atoms with E-state index < -0.39 is 5.60 Å². The fraction of sp³-hybridized carbons (Fsp3) is 0.720. The highest BCUT2D eigenvalue weighted by atomic mass is 35.5. The molecule has 1 spiro atoms. The number of aromatic nitrogens is 3. The number of likely N-dealkylation sites (tertiary alicyclic amines) is 2. The van der Waals surface area contributed by atoms with Gasteiger partial charge in [0.25, 0.3) is 0 Å². The normalized spacial score (nSPS) is 28.6. The van der Waals surface area contributed by atoms with E-state index in [1.54, 1.807) is 0 Å². The second kappa shape index (κ2) is 9.28. The summed E-state index contributed by atoms with van der Waals surface area (Å²) in [6, 6.07) is 1.96. The maximum Gasteiger partial charge on any atom is 0.410 e. The molecular weight excluding hydrogens is 454 g/mol. The molecule has 5 rings (SSSR count). The Kier molecular flexibility index (Phi) is 6.50. The Morgan fingerprint density at radius 1 is 1.18 bits per heavy atom. The van der Waals surface area contributed by atoms with Crippen molar-refractivity contribution in [2.75, 3.05) is 26.2 Å². The molecule has 3 aliphatic heterocycles. The van der Waals surface area contributed by atoms with Crippen molar-refractivity contribution >= 4 is 28.7 Å². The maximum atomic E-state index is 12.6. The lowest BCUT2D eigenvalue weighted by Gasteiger charge is -2.39. The van der Waals surface area contributed by atoms with Crippen molar-refractivity contribution in [3.05, 3.63) is 23.7 Å². The van der Waals surface area contributed by atoms with Gasteiger partial charge < -0.3 is 18.9 Å².